The van der Waals surface area contributed by atoms with Crippen LogP contribution in [0, 0.1) is 5.82 Å². The molecule has 0 unspecified atom stereocenters. The van der Waals surface area contributed by atoms with Gasteiger partial charge in [0, 0.05) is 11.4 Å². The predicted molar refractivity (Wildman–Crippen MR) is 120 cm³/mol. The largest absolute Gasteiger partial charge is 0.490 e. The Kier molecular flexibility index (Phi) is 8.11. The van der Waals surface area contributed by atoms with E-state index in [9.17, 15) is 13.2 Å². The lowest BCUT2D eigenvalue weighted by Gasteiger charge is -2.26. The number of ether oxygens (including phenoxy) is 2. The van der Waals surface area contributed by atoms with Gasteiger partial charge in [-0.2, -0.15) is 8.78 Å². The summed E-state index contributed by atoms with van der Waals surface area (Å²) < 4.78 is 50.7. The van der Waals surface area contributed by atoms with Crippen molar-refractivity contribution in [2.75, 3.05) is 25.4 Å². The zero-order valence-corrected chi connectivity index (χ0v) is 18.8. The first-order valence-corrected chi connectivity index (χ1v) is 11.8. The number of hydrogen-bond acceptors (Lipinski definition) is 6. The summed E-state index contributed by atoms with van der Waals surface area (Å²) in [6.07, 6.45) is 3.55. The van der Waals surface area contributed by atoms with E-state index in [4.69, 9.17) is 4.74 Å². The van der Waals surface area contributed by atoms with Crippen molar-refractivity contribution in [3.05, 3.63) is 60.2 Å². The molecular formula is C23H25F3N4O2S. The molecule has 0 bridgehead atoms. The molecule has 2 heterocycles. The molecule has 0 amide bonds. The number of nitrogens with zero attached hydrogens (tertiary/aromatic N) is 4. The van der Waals surface area contributed by atoms with Gasteiger partial charge in [0.25, 0.3) is 0 Å². The van der Waals surface area contributed by atoms with Gasteiger partial charge in [-0.3, -0.25) is 9.47 Å². The number of alkyl halides is 2. The number of para-hydroxylation sites is 1. The van der Waals surface area contributed by atoms with Crippen LogP contribution >= 0.6 is 11.8 Å². The number of rotatable bonds is 10. The van der Waals surface area contributed by atoms with E-state index in [2.05, 4.69) is 19.8 Å². The molecule has 1 saturated heterocycles. The van der Waals surface area contributed by atoms with Crippen molar-refractivity contribution in [2.24, 2.45) is 0 Å². The van der Waals surface area contributed by atoms with Crippen LogP contribution in [0.1, 0.15) is 25.1 Å². The maximum atomic E-state index is 13.7. The number of halogens is 3. The first kappa shape index (κ1) is 23.4. The summed E-state index contributed by atoms with van der Waals surface area (Å²) in [4.78, 5) is 2.34. The molecule has 0 atom stereocenters. The molecule has 4 rings (SSSR count). The van der Waals surface area contributed by atoms with E-state index in [1.165, 1.54) is 36.4 Å². The fourth-order valence-corrected chi connectivity index (χ4v) is 4.48. The Balaban J connectivity index is 1.48. The smallest absolute Gasteiger partial charge is 0.387 e. The molecule has 0 N–H and O–H groups in total. The fourth-order valence-electron chi connectivity index (χ4n) is 3.70. The van der Waals surface area contributed by atoms with E-state index in [0.29, 0.717) is 24.1 Å². The summed E-state index contributed by atoms with van der Waals surface area (Å²) in [5.74, 6) is 1.20. The minimum atomic E-state index is -2.87. The van der Waals surface area contributed by atoms with Crippen molar-refractivity contribution in [2.45, 2.75) is 37.6 Å². The van der Waals surface area contributed by atoms with Gasteiger partial charge in [0.05, 0.1) is 13.2 Å². The minimum absolute atomic E-state index is 0.0897. The highest BCUT2D eigenvalue weighted by Crippen LogP contribution is 2.26. The molecule has 1 aliphatic rings. The Morgan fingerprint density at radius 3 is 2.45 bits per heavy atom. The molecule has 3 aromatic rings. The Morgan fingerprint density at radius 1 is 0.970 bits per heavy atom. The number of benzene rings is 2. The van der Waals surface area contributed by atoms with Crippen molar-refractivity contribution in [1.82, 2.24) is 19.7 Å². The molecule has 0 radical (unpaired) electrons. The molecule has 0 aliphatic carbocycles. The van der Waals surface area contributed by atoms with E-state index in [1.54, 1.807) is 30.3 Å². The van der Waals surface area contributed by atoms with Gasteiger partial charge in [0.1, 0.15) is 5.75 Å². The van der Waals surface area contributed by atoms with E-state index in [0.717, 1.165) is 37.4 Å². The van der Waals surface area contributed by atoms with E-state index in [-0.39, 0.29) is 11.5 Å². The number of hydrogen-bond donors (Lipinski definition) is 0. The van der Waals surface area contributed by atoms with Crippen molar-refractivity contribution in [1.29, 1.82) is 0 Å². The van der Waals surface area contributed by atoms with Crippen LogP contribution in [0.5, 0.6) is 11.5 Å². The van der Waals surface area contributed by atoms with Gasteiger partial charge in [-0.15, -0.1) is 10.2 Å². The van der Waals surface area contributed by atoms with Gasteiger partial charge >= 0.3 is 6.61 Å². The monoisotopic (exact) mass is 478 g/mol. The number of thioether (sulfide) groups is 1. The normalized spacial score (nSPS) is 14.5. The first-order chi connectivity index (χ1) is 16.1. The van der Waals surface area contributed by atoms with Gasteiger partial charge in [-0.25, -0.2) is 4.39 Å². The standard InChI is InChI=1S/C23H25F3N4O2S/c24-19-6-2-3-7-20(19)31-14-15-33-23-28-27-21(16-29-12-4-1-5-13-29)30(23)17-8-10-18(11-9-17)32-22(25)26/h2-3,6-11,22H,1,4-5,12-16H2. The van der Waals surface area contributed by atoms with Gasteiger partial charge in [0.2, 0.25) is 0 Å². The molecule has 6 nitrogen and oxygen atoms in total. The summed E-state index contributed by atoms with van der Waals surface area (Å²) in [5, 5.41) is 9.42. The van der Waals surface area contributed by atoms with Crippen LogP contribution in [-0.4, -0.2) is 51.7 Å². The lowest BCUT2D eigenvalue weighted by atomic mass is 10.1. The van der Waals surface area contributed by atoms with Crippen LogP contribution in [0.25, 0.3) is 5.69 Å². The highest BCUT2D eigenvalue weighted by Gasteiger charge is 2.19. The van der Waals surface area contributed by atoms with Crippen LogP contribution in [-0.2, 0) is 6.54 Å². The minimum Gasteiger partial charge on any atom is -0.490 e. The third kappa shape index (κ3) is 6.42. The average molecular weight is 479 g/mol. The average Bonchev–Trinajstić information content (AvgIpc) is 3.21. The number of piperidine rings is 1. The molecule has 1 fully saturated rings. The van der Waals surface area contributed by atoms with E-state index >= 15 is 0 Å². The highest BCUT2D eigenvalue weighted by molar-refractivity contribution is 7.99. The Morgan fingerprint density at radius 2 is 1.73 bits per heavy atom. The van der Waals surface area contributed by atoms with Crippen molar-refractivity contribution >= 4 is 11.8 Å². The number of likely N-dealkylation sites (tertiary alicyclic amines) is 1. The molecule has 2 aromatic carbocycles. The molecule has 0 spiro atoms. The summed E-state index contributed by atoms with van der Waals surface area (Å²) >= 11 is 1.44. The third-order valence-electron chi connectivity index (χ3n) is 5.24. The van der Waals surface area contributed by atoms with Crippen LogP contribution in [0.4, 0.5) is 13.2 Å². The molecule has 1 aliphatic heterocycles. The lowest BCUT2D eigenvalue weighted by Crippen LogP contribution is -2.30. The van der Waals surface area contributed by atoms with Crippen LogP contribution in [0.15, 0.2) is 53.7 Å². The molecule has 0 saturated carbocycles. The van der Waals surface area contributed by atoms with Crippen LogP contribution in [0.2, 0.25) is 0 Å². The van der Waals surface area contributed by atoms with Crippen molar-refractivity contribution < 1.29 is 22.6 Å². The Hall–Kier alpha value is -2.72. The van der Waals surface area contributed by atoms with Gasteiger partial charge in [-0.1, -0.05) is 30.3 Å². The molecule has 33 heavy (non-hydrogen) atoms. The number of aromatic nitrogens is 3. The van der Waals surface area contributed by atoms with Crippen LogP contribution < -0.4 is 9.47 Å². The summed E-state index contributed by atoms with van der Waals surface area (Å²) in [7, 11) is 0. The van der Waals surface area contributed by atoms with Gasteiger partial charge < -0.3 is 9.47 Å². The molecule has 176 valence electrons. The zero-order chi connectivity index (χ0) is 23.0. The molecular weight excluding hydrogens is 453 g/mol. The second kappa shape index (κ2) is 11.4. The molecule has 1 aromatic heterocycles. The van der Waals surface area contributed by atoms with E-state index in [1.807, 2.05) is 4.57 Å². The fraction of sp³-hybridized carbons (Fsp3) is 0.391. The Bertz CT molecular complexity index is 1030. The first-order valence-electron chi connectivity index (χ1n) is 10.8. The zero-order valence-electron chi connectivity index (χ0n) is 18.0. The summed E-state index contributed by atoms with van der Waals surface area (Å²) in [6.45, 7) is 0.0799. The second-order valence-corrected chi connectivity index (χ2v) is 8.63. The van der Waals surface area contributed by atoms with E-state index < -0.39 is 12.4 Å². The van der Waals surface area contributed by atoms with Gasteiger partial charge in [0.15, 0.2) is 22.5 Å². The SMILES string of the molecule is Fc1ccccc1OCCSc1nnc(CN2CCCCC2)n1-c1ccc(OC(F)F)cc1. The lowest BCUT2D eigenvalue weighted by molar-refractivity contribution is -0.0498. The van der Waals surface area contributed by atoms with Crippen molar-refractivity contribution in [3.63, 3.8) is 0 Å². The maximum absolute atomic E-state index is 13.7. The van der Waals surface area contributed by atoms with Crippen LogP contribution in [0.3, 0.4) is 0 Å². The highest BCUT2D eigenvalue weighted by atomic mass is 32.2. The maximum Gasteiger partial charge on any atom is 0.387 e. The summed E-state index contributed by atoms with van der Waals surface area (Å²) in [6, 6.07) is 12.7. The third-order valence-corrected chi connectivity index (χ3v) is 6.14. The Labute approximate surface area is 194 Å². The quantitative estimate of drug-likeness (QED) is 0.296. The second-order valence-electron chi connectivity index (χ2n) is 7.57. The van der Waals surface area contributed by atoms with Crippen molar-refractivity contribution in [3.8, 4) is 17.2 Å². The molecule has 10 heteroatoms. The topological polar surface area (TPSA) is 52.4 Å². The summed E-state index contributed by atoms with van der Waals surface area (Å²) in [5.41, 5.74) is 0.756. The predicted octanol–water partition coefficient (Wildman–Crippen LogP) is 5.16. The van der Waals surface area contributed by atoms with Gasteiger partial charge in [-0.05, 0) is 62.3 Å².